The minimum atomic E-state index is -0.593. The lowest BCUT2D eigenvalue weighted by Gasteiger charge is -2.31. The van der Waals surface area contributed by atoms with Crippen molar-refractivity contribution in [2.45, 2.75) is 70.9 Å². The average molecular weight is 484 g/mol. The van der Waals surface area contributed by atoms with Crippen LogP contribution >= 0.6 is 0 Å². The molecule has 35 heavy (non-hydrogen) atoms. The van der Waals surface area contributed by atoms with E-state index in [0.717, 1.165) is 38.2 Å². The highest BCUT2D eigenvalue weighted by atomic mass is 16.6. The molecule has 1 saturated heterocycles. The van der Waals surface area contributed by atoms with Crippen LogP contribution in [0.15, 0.2) is 30.4 Å². The van der Waals surface area contributed by atoms with Crippen LogP contribution in [0.4, 0.5) is 4.79 Å². The van der Waals surface area contributed by atoms with Crippen molar-refractivity contribution in [2.75, 3.05) is 45.9 Å². The molecule has 0 aromatic heterocycles. The number of carbonyl (C=O) groups is 2. The first kappa shape index (κ1) is 25.5. The molecule has 1 aromatic rings. The first-order valence-corrected chi connectivity index (χ1v) is 13.2. The SMILES string of the molecule is CC(C)(C)OC(=O)N1CC=C[C@H]1C(=O)N1CCc2ccc(OCCCN3CCCCC3)cc2CC1. The lowest BCUT2D eigenvalue weighted by Crippen LogP contribution is -2.49. The minimum absolute atomic E-state index is 0.0356. The van der Waals surface area contributed by atoms with E-state index in [1.807, 2.05) is 37.8 Å². The van der Waals surface area contributed by atoms with Crippen molar-refractivity contribution in [1.29, 1.82) is 0 Å². The standard InChI is InChI=1S/C28H41N3O4/c1-28(2,3)35-27(33)31-17-7-9-25(31)26(32)30-18-12-22-10-11-24(21-23(22)13-19-30)34-20-8-16-29-14-5-4-6-15-29/h7,9-11,21,25H,4-6,8,12-20H2,1-3H3/t25-/m0/s1. The maximum absolute atomic E-state index is 13.4. The number of hydrogen-bond acceptors (Lipinski definition) is 5. The fourth-order valence-corrected chi connectivity index (χ4v) is 5.11. The average Bonchev–Trinajstić information content (AvgIpc) is 3.23. The molecule has 0 unspecified atom stereocenters. The number of piperidine rings is 1. The van der Waals surface area contributed by atoms with Crippen LogP contribution in [0.25, 0.3) is 0 Å². The number of amides is 2. The molecule has 7 nitrogen and oxygen atoms in total. The number of nitrogens with zero attached hydrogens (tertiary/aromatic N) is 3. The van der Waals surface area contributed by atoms with Gasteiger partial charge in [0.1, 0.15) is 17.4 Å². The Morgan fingerprint density at radius 3 is 2.49 bits per heavy atom. The summed E-state index contributed by atoms with van der Waals surface area (Å²) in [6.45, 7) is 11.5. The van der Waals surface area contributed by atoms with Crippen molar-refractivity contribution in [1.82, 2.24) is 14.7 Å². The molecule has 7 heteroatoms. The normalized spacial score (nSPS) is 20.9. The maximum atomic E-state index is 13.4. The predicted molar refractivity (Wildman–Crippen MR) is 137 cm³/mol. The zero-order chi connectivity index (χ0) is 24.8. The number of carbonyl (C=O) groups excluding carboxylic acids is 2. The van der Waals surface area contributed by atoms with Crippen LogP contribution < -0.4 is 4.74 Å². The van der Waals surface area contributed by atoms with E-state index in [1.165, 1.54) is 48.4 Å². The van der Waals surface area contributed by atoms with Gasteiger partial charge in [-0.25, -0.2) is 4.79 Å². The van der Waals surface area contributed by atoms with Gasteiger partial charge < -0.3 is 19.3 Å². The molecule has 0 N–H and O–H groups in total. The van der Waals surface area contributed by atoms with Crippen LogP contribution in [0, 0.1) is 0 Å². The van der Waals surface area contributed by atoms with Gasteiger partial charge in [0.2, 0.25) is 5.91 Å². The van der Waals surface area contributed by atoms with Crippen LogP contribution in [-0.4, -0.2) is 84.2 Å². The molecule has 1 fully saturated rings. The molecule has 0 bridgehead atoms. The summed E-state index contributed by atoms with van der Waals surface area (Å²) in [7, 11) is 0. The van der Waals surface area contributed by atoms with Gasteiger partial charge in [-0.3, -0.25) is 9.69 Å². The molecule has 3 aliphatic heterocycles. The highest BCUT2D eigenvalue weighted by molar-refractivity contribution is 5.88. The Morgan fingerprint density at radius 2 is 1.74 bits per heavy atom. The highest BCUT2D eigenvalue weighted by Gasteiger charge is 2.36. The van der Waals surface area contributed by atoms with Gasteiger partial charge in [-0.05, 0) is 89.2 Å². The monoisotopic (exact) mass is 483 g/mol. The number of benzene rings is 1. The Hall–Kier alpha value is -2.54. The lowest BCUT2D eigenvalue weighted by molar-refractivity contribution is -0.134. The van der Waals surface area contributed by atoms with E-state index in [-0.39, 0.29) is 5.91 Å². The van der Waals surface area contributed by atoms with E-state index < -0.39 is 17.7 Å². The second-order valence-electron chi connectivity index (χ2n) is 10.9. The molecule has 0 spiro atoms. The van der Waals surface area contributed by atoms with Crippen molar-refractivity contribution in [3.63, 3.8) is 0 Å². The van der Waals surface area contributed by atoms with E-state index in [0.29, 0.717) is 19.6 Å². The summed E-state index contributed by atoms with van der Waals surface area (Å²) in [6, 6.07) is 5.75. The third-order valence-corrected chi connectivity index (χ3v) is 6.96. The van der Waals surface area contributed by atoms with Crippen LogP contribution in [0.5, 0.6) is 5.75 Å². The van der Waals surface area contributed by atoms with Crippen molar-refractivity contribution in [2.24, 2.45) is 0 Å². The van der Waals surface area contributed by atoms with Gasteiger partial charge in [-0.2, -0.15) is 0 Å². The molecule has 1 atom stereocenters. The largest absolute Gasteiger partial charge is 0.494 e. The molecule has 0 radical (unpaired) electrons. The molecule has 1 aromatic carbocycles. The van der Waals surface area contributed by atoms with Gasteiger partial charge in [0.15, 0.2) is 0 Å². The molecule has 4 rings (SSSR count). The Kier molecular flexibility index (Phi) is 8.37. The summed E-state index contributed by atoms with van der Waals surface area (Å²) in [4.78, 5) is 31.9. The van der Waals surface area contributed by atoms with E-state index in [9.17, 15) is 9.59 Å². The molecular weight excluding hydrogens is 442 g/mol. The van der Waals surface area contributed by atoms with Crippen LogP contribution in [0.2, 0.25) is 0 Å². The van der Waals surface area contributed by atoms with Crippen molar-refractivity contribution < 1.29 is 19.1 Å². The summed E-state index contributed by atoms with van der Waals surface area (Å²) < 4.78 is 11.6. The van der Waals surface area contributed by atoms with Crippen molar-refractivity contribution >= 4 is 12.0 Å². The third-order valence-electron chi connectivity index (χ3n) is 6.96. The first-order chi connectivity index (χ1) is 16.8. The fraction of sp³-hybridized carbons (Fsp3) is 0.643. The molecule has 192 valence electrons. The molecule has 0 aliphatic carbocycles. The molecule has 3 aliphatic rings. The molecule has 2 amide bonds. The van der Waals surface area contributed by atoms with E-state index in [4.69, 9.17) is 9.47 Å². The highest BCUT2D eigenvalue weighted by Crippen LogP contribution is 2.24. The van der Waals surface area contributed by atoms with Gasteiger partial charge in [0.25, 0.3) is 0 Å². The van der Waals surface area contributed by atoms with Gasteiger partial charge in [0, 0.05) is 26.2 Å². The number of likely N-dealkylation sites (tertiary alicyclic amines) is 1. The molecular formula is C28H41N3O4. The Balaban J connectivity index is 1.29. The summed E-state index contributed by atoms with van der Waals surface area (Å²) in [5.41, 5.74) is 1.93. The smallest absolute Gasteiger partial charge is 0.411 e. The van der Waals surface area contributed by atoms with Crippen molar-refractivity contribution in [3.05, 3.63) is 41.5 Å². The van der Waals surface area contributed by atoms with E-state index in [2.05, 4.69) is 23.1 Å². The number of fused-ring (bicyclic) bond motifs is 1. The molecule has 0 saturated carbocycles. The van der Waals surface area contributed by atoms with E-state index in [1.54, 1.807) is 0 Å². The topological polar surface area (TPSA) is 62.3 Å². The van der Waals surface area contributed by atoms with E-state index >= 15 is 0 Å². The number of rotatable bonds is 6. The van der Waals surface area contributed by atoms with Crippen LogP contribution in [0.3, 0.4) is 0 Å². The Labute approximate surface area is 210 Å². The van der Waals surface area contributed by atoms with Gasteiger partial charge >= 0.3 is 6.09 Å². The summed E-state index contributed by atoms with van der Waals surface area (Å²) in [5.74, 6) is 0.878. The zero-order valence-corrected chi connectivity index (χ0v) is 21.6. The second-order valence-corrected chi connectivity index (χ2v) is 10.9. The van der Waals surface area contributed by atoms with Gasteiger partial charge in [-0.1, -0.05) is 24.6 Å². The fourth-order valence-electron chi connectivity index (χ4n) is 5.11. The predicted octanol–water partition coefficient (Wildman–Crippen LogP) is 4.04. The zero-order valence-electron chi connectivity index (χ0n) is 21.6. The van der Waals surface area contributed by atoms with Crippen molar-refractivity contribution in [3.8, 4) is 5.75 Å². The summed E-state index contributed by atoms with van der Waals surface area (Å²) in [5, 5.41) is 0. The number of ether oxygens (including phenoxy) is 2. The van der Waals surface area contributed by atoms with Gasteiger partial charge in [-0.15, -0.1) is 0 Å². The first-order valence-electron chi connectivity index (χ1n) is 13.2. The quantitative estimate of drug-likeness (QED) is 0.451. The minimum Gasteiger partial charge on any atom is -0.494 e. The lowest BCUT2D eigenvalue weighted by atomic mass is 10.0. The number of hydrogen-bond donors (Lipinski definition) is 0. The van der Waals surface area contributed by atoms with Crippen LogP contribution in [-0.2, 0) is 22.4 Å². The molecule has 3 heterocycles. The summed E-state index contributed by atoms with van der Waals surface area (Å²) in [6.07, 6.45) is 9.89. The van der Waals surface area contributed by atoms with Crippen LogP contribution in [0.1, 0.15) is 57.6 Å². The third kappa shape index (κ3) is 7.00. The summed E-state index contributed by atoms with van der Waals surface area (Å²) >= 11 is 0. The maximum Gasteiger partial charge on any atom is 0.411 e. The van der Waals surface area contributed by atoms with Gasteiger partial charge in [0.05, 0.1) is 6.61 Å². The Morgan fingerprint density at radius 1 is 1.00 bits per heavy atom. The second kappa shape index (κ2) is 11.5. The Bertz CT molecular complexity index is 917.